The van der Waals surface area contributed by atoms with E-state index in [0.29, 0.717) is 11.1 Å². The zero-order chi connectivity index (χ0) is 15.0. The van der Waals surface area contributed by atoms with Gasteiger partial charge in [0.2, 0.25) is 0 Å². The van der Waals surface area contributed by atoms with Gasteiger partial charge in [0.25, 0.3) is 0 Å². The van der Waals surface area contributed by atoms with Crippen molar-refractivity contribution < 1.29 is 8.78 Å². The average molecular weight is 340 g/mol. The fraction of sp³-hybridized carbons (Fsp3) is 0.250. The highest BCUT2D eigenvalue weighted by atomic mass is 79.9. The Kier molecular flexibility index (Phi) is 4.25. The molecule has 1 unspecified atom stereocenters. The molecule has 0 bridgehead atoms. The number of hydrogen-bond donors (Lipinski definition) is 1. The minimum absolute atomic E-state index is 0.314. The summed E-state index contributed by atoms with van der Waals surface area (Å²) in [5.74, 6) is -1.16. The molecule has 2 N–H and O–H groups in total. The molecule has 0 amide bonds. The van der Waals surface area contributed by atoms with Crippen molar-refractivity contribution in [3.63, 3.8) is 0 Å². The summed E-state index contributed by atoms with van der Waals surface area (Å²) in [6.07, 6.45) is 0. The standard InChI is InChI=1S/C16H16BrF2N/c1-8-6-13(17)9(2)4-11(8)16(20)12-5-10(3)14(18)7-15(12)19/h4-7,16H,20H2,1-3H3. The molecule has 0 aliphatic carbocycles. The first kappa shape index (κ1) is 15.1. The molecule has 106 valence electrons. The van der Waals surface area contributed by atoms with E-state index in [1.807, 2.05) is 26.0 Å². The van der Waals surface area contributed by atoms with Crippen molar-refractivity contribution in [2.45, 2.75) is 26.8 Å². The van der Waals surface area contributed by atoms with Crippen LogP contribution in [-0.2, 0) is 0 Å². The molecule has 0 heterocycles. The summed E-state index contributed by atoms with van der Waals surface area (Å²) in [6.45, 7) is 5.48. The third kappa shape index (κ3) is 2.76. The van der Waals surface area contributed by atoms with Gasteiger partial charge in [-0.1, -0.05) is 22.0 Å². The Labute approximate surface area is 125 Å². The van der Waals surface area contributed by atoms with Crippen LogP contribution in [0.5, 0.6) is 0 Å². The molecule has 1 atom stereocenters. The van der Waals surface area contributed by atoms with Crippen molar-refractivity contribution in [1.82, 2.24) is 0 Å². The van der Waals surface area contributed by atoms with Gasteiger partial charge in [-0.05, 0) is 55.2 Å². The Morgan fingerprint density at radius 2 is 1.45 bits per heavy atom. The highest BCUT2D eigenvalue weighted by Crippen LogP contribution is 2.30. The van der Waals surface area contributed by atoms with Crippen LogP contribution in [0.4, 0.5) is 8.78 Å². The number of benzene rings is 2. The number of hydrogen-bond acceptors (Lipinski definition) is 1. The lowest BCUT2D eigenvalue weighted by Crippen LogP contribution is -2.16. The minimum Gasteiger partial charge on any atom is -0.320 e. The highest BCUT2D eigenvalue weighted by Gasteiger charge is 2.18. The first-order valence-corrected chi connectivity index (χ1v) is 7.08. The smallest absolute Gasteiger partial charge is 0.131 e. The maximum absolute atomic E-state index is 13.9. The van der Waals surface area contributed by atoms with Crippen LogP contribution in [-0.4, -0.2) is 0 Å². The summed E-state index contributed by atoms with van der Waals surface area (Å²) in [5, 5.41) is 0. The highest BCUT2D eigenvalue weighted by molar-refractivity contribution is 9.10. The van der Waals surface area contributed by atoms with E-state index in [1.165, 1.54) is 6.07 Å². The van der Waals surface area contributed by atoms with Crippen LogP contribution in [0.15, 0.2) is 28.7 Å². The van der Waals surface area contributed by atoms with Gasteiger partial charge in [-0.2, -0.15) is 0 Å². The fourth-order valence-corrected chi connectivity index (χ4v) is 2.68. The molecule has 0 spiro atoms. The van der Waals surface area contributed by atoms with Crippen molar-refractivity contribution in [2.24, 2.45) is 5.73 Å². The summed E-state index contributed by atoms with van der Waals surface area (Å²) < 4.78 is 28.3. The third-order valence-electron chi connectivity index (χ3n) is 3.50. The van der Waals surface area contributed by atoms with Gasteiger partial charge >= 0.3 is 0 Å². The predicted octanol–water partition coefficient (Wildman–Crippen LogP) is 4.70. The maximum atomic E-state index is 13.9. The van der Waals surface area contributed by atoms with Gasteiger partial charge in [-0.3, -0.25) is 0 Å². The van der Waals surface area contributed by atoms with Gasteiger partial charge in [-0.15, -0.1) is 0 Å². The van der Waals surface area contributed by atoms with Gasteiger partial charge in [-0.25, -0.2) is 8.78 Å². The molecule has 0 aromatic heterocycles. The largest absolute Gasteiger partial charge is 0.320 e. The first-order valence-electron chi connectivity index (χ1n) is 6.29. The van der Waals surface area contributed by atoms with Crippen LogP contribution in [0, 0.1) is 32.4 Å². The fourth-order valence-electron chi connectivity index (χ4n) is 2.22. The molecule has 0 aliphatic rings. The number of halogens is 3. The van der Waals surface area contributed by atoms with Crippen LogP contribution in [0.2, 0.25) is 0 Å². The van der Waals surface area contributed by atoms with Crippen LogP contribution in [0.1, 0.15) is 33.9 Å². The quantitative estimate of drug-likeness (QED) is 0.843. The van der Waals surface area contributed by atoms with Crippen molar-refractivity contribution in [3.8, 4) is 0 Å². The Morgan fingerprint density at radius 1 is 0.850 bits per heavy atom. The van der Waals surface area contributed by atoms with Crippen LogP contribution in [0.3, 0.4) is 0 Å². The average Bonchev–Trinajstić information content (AvgIpc) is 2.37. The topological polar surface area (TPSA) is 26.0 Å². The van der Waals surface area contributed by atoms with Crippen LogP contribution < -0.4 is 5.73 Å². The van der Waals surface area contributed by atoms with Crippen LogP contribution >= 0.6 is 15.9 Å². The molecule has 2 aromatic rings. The number of nitrogens with two attached hydrogens (primary N) is 1. The first-order chi connectivity index (χ1) is 9.31. The molecule has 2 aromatic carbocycles. The molecule has 0 saturated heterocycles. The molecule has 4 heteroatoms. The van der Waals surface area contributed by atoms with E-state index in [4.69, 9.17) is 5.73 Å². The lowest BCUT2D eigenvalue weighted by atomic mass is 9.93. The SMILES string of the molecule is Cc1cc(C(N)c2cc(C)c(Br)cc2C)c(F)cc1F. The van der Waals surface area contributed by atoms with E-state index in [1.54, 1.807) is 6.92 Å². The normalized spacial score (nSPS) is 12.6. The number of aryl methyl sites for hydroxylation is 3. The maximum Gasteiger partial charge on any atom is 0.131 e. The molecule has 0 radical (unpaired) electrons. The van der Waals surface area contributed by atoms with E-state index in [9.17, 15) is 8.78 Å². The zero-order valence-corrected chi connectivity index (χ0v) is 13.2. The van der Waals surface area contributed by atoms with E-state index in [-0.39, 0.29) is 0 Å². The van der Waals surface area contributed by atoms with Crippen molar-refractivity contribution in [2.75, 3.05) is 0 Å². The van der Waals surface area contributed by atoms with Crippen LogP contribution in [0.25, 0.3) is 0 Å². The van der Waals surface area contributed by atoms with E-state index >= 15 is 0 Å². The summed E-state index contributed by atoms with van der Waals surface area (Å²) in [7, 11) is 0. The minimum atomic E-state index is -0.611. The van der Waals surface area contributed by atoms with Crippen molar-refractivity contribution in [1.29, 1.82) is 0 Å². The van der Waals surface area contributed by atoms with Crippen molar-refractivity contribution >= 4 is 15.9 Å². The monoisotopic (exact) mass is 339 g/mol. The Balaban J connectivity index is 2.54. The molecule has 0 saturated carbocycles. The van der Waals surface area contributed by atoms with E-state index < -0.39 is 17.7 Å². The predicted molar refractivity (Wildman–Crippen MR) is 80.7 cm³/mol. The summed E-state index contributed by atoms with van der Waals surface area (Å²) in [5.41, 5.74) is 9.72. The lowest BCUT2D eigenvalue weighted by molar-refractivity contribution is 0.560. The number of rotatable bonds is 2. The Bertz CT molecular complexity index is 611. The second-order valence-corrected chi connectivity index (χ2v) is 5.91. The van der Waals surface area contributed by atoms with E-state index in [0.717, 1.165) is 27.2 Å². The summed E-state index contributed by atoms with van der Waals surface area (Å²) in [4.78, 5) is 0. The summed E-state index contributed by atoms with van der Waals surface area (Å²) in [6, 6.07) is 5.65. The van der Waals surface area contributed by atoms with Gasteiger partial charge in [0.15, 0.2) is 0 Å². The molecule has 1 nitrogen and oxygen atoms in total. The lowest BCUT2D eigenvalue weighted by Gasteiger charge is -2.18. The second kappa shape index (κ2) is 5.62. The Hall–Kier alpha value is -1.26. The molecule has 0 fully saturated rings. The molecule has 0 aliphatic heterocycles. The zero-order valence-electron chi connectivity index (χ0n) is 11.6. The molecular weight excluding hydrogens is 324 g/mol. The summed E-state index contributed by atoms with van der Waals surface area (Å²) >= 11 is 3.46. The van der Waals surface area contributed by atoms with Crippen molar-refractivity contribution in [3.05, 3.63) is 68.2 Å². The van der Waals surface area contributed by atoms with Gasteiger partial charge < -0.3 is 5.73 Å². The molecular formula is C16H16BrF2N. The van der Waals surface area contributed by atoms with Gasteiger partial charge in [0, 0.05) is 16.1 Å². The third-order valence-corrected chi connectivity index (χ3v) is 4.35. The molecule has 20 heavy (non-hydrogen) atoms. The van der Waals surface area contributed by atoms with Gasteiger partial charge in [0.1, 0.15) is 11.6 Å². The second-order valence-electron chi connectivity index (χ2n) is 5.06. The van der Waals surface area contributed by atoms with E-state index in [2.05, 4.69) is 15.9 Å². The Morgan fingerprint density at radius 3 is 2.10 bits per heavy atom. The molecule has 2 rings (SSSR count). The van der Waals surface area contributed by atoms with Gasteiger partial charge in [0.05, 0.1) is 6.04 Å².